The van der Waals surface area contributed by atoms with Crippen LogP contribution in [-0.4, -0.2) is 45.5 Å². The molecule has 132 valence electrons. The predicted molar refractivity (Wildman–Crippen MR) is 96.6 cm³/mol. The van der Waals surface area contributed by atoms with Crippen LogP contribution >= 0.6 is 11.3 Å². The summed E-state index contributed by atoms with van der Waals surface area (Å²) in [4.78, 5) is 14.5. The van der Waals surface area contributed by atoms with Gasteiger partial charge in [0.15, 0.2) is 0 Å². The van der Waals surface area contributed by atoms with Crippen LogP contribution in [0.1, 0.15) is 20.8 Å². The first kappa shape index (κ1) is 16.6. The maximum Gasteiger partial charge on any atom is 0.261 e. The van der Waals surface area contributed by atoms with E-state index >= 15 is 0 Å². The molecule has 1 aliphatic carbocycles. The van der Waals surface area contributed by atoms with E-state index in [0.29, 0.717) is 26.4 Å². The smallest absolute Gasteiger partial charge is 0.261 e. The maximum absolute atomic E-state index is 12.5. The summed E-state index contributed by atoms with van der Waals surface area (Å²) >= 11 is 1.56. The van der Waals surface area contributed by atoms with Gasteiger partial charge in [0.1, 0.15) is 5.75 Å². The lowest BCUT2D eigenvalue weighted by atomic mass is 9.91. The van der Waals surface area contributed by atoms with Gasteiger partial charge in [0.2, 0.25) is 0 Å². The van der Waals surface area contributed by atoms with E-state index in [9.17, 15) is 4.79 Å². The quantitative estimate of drug-likeness (QED) is 0.912. The van der Waals surface area contributed by atoms with E-state index in [2.05, 4.69) is 17.4 Å². The average molecular weight is 359 g/mol. The molecule has 5 nitrogen and oxygen atoms in total. The van der Waals surface area contributed by atoms with Gasteiger partial charge in [-0.05, 0) is 53.8 Å². The number of fused-ring (bicyclic) bond motifs is 3. The van der Waals surface area contributed by atoms with Gasteiger partial charge in [-0.3, -0.25) is 4.79 Å². The lowest BCUT2D eigenvalue weighted by Crippen LogP contribution is -2.39. The van der Waals surface area contributed by atoms with Gasteiger partial charge < -0.3 is 19.5 Å². The zero-order valence-electron chi connectivity index (χ0n) is 14.2. The number of hydrogen-bond acceptors (Lipinski definition) is 5. The third-order valence-electron chi connectivity index (χ3n) is 4.63. The minimum Gasteiger partial charge on any atom is -0.497 e. The molecule has 6 heteroatoms. The standard InChI is InChI=1S/C19H21NO4S/c1-22-14-4-5-16-12(8-14)2-3-13-9-17(25-18(13)16)19(21)20-10-15-11-23-6-7-24-15/h4-5,8-9,15H,2-3,6-7,10-11H2,1H3,(H,20,21). The molecule has 0 bridgehead atoms. The SMILES string of the molecule is COc1ccc2c(c1)CCc1cc(C(=O)NCC3COCCO3)sc1-2. The normalized spacial score (nSPS) is 19.0. The van der Waals surface area contributed by atoms with E-state index in [4.69, 9.17) is 14.2 Å². The van der Waals surface area contributed by atoms with E-state index in [-0.39, 0.29) is 12.0 Å². The molecule has 1 N–H and O–H groups in total. The number of benzene rings is 1. The zero-order chi connectivity index (χ0) is 17.2. The summed E-state index contributed by atoms with van der Waals surface area (Å²) in [7, 11) is 1.69. The van der Waals surface area contributed by atoms with Crippen LogP contribution in [0, 0.1) is 0 Å². The van der Waals surface area contributed by atoms with Crippen molar-refractivity contribution in [3.05, 3.63) is 40.3 Å². The molecule has 1 aliphatic heterocycles. The van der Waals surface area contributed by atoms with Crippen LogP contribution in [0.4, 0.5) is 0 Å². The number of amides is 1. The van der Waals surface area contributed by atoms with Crippen molar-refractivity contribution in [3.63, 3.8) is 0 Å². The molecule has 1 atom stereocenters. The average Bonchev–Trinajstić information content (AvgIpc) is 3.11. The molecule has 1 amide bonds. The molecule has 0 saturated carbocycles. The summed E-state index contributed by atoms with van der Waals surface area (Å²) in [5.41, 5.74) is 3.76. The molecule has 2 aromatic rings. The van der Waals surface area contributed by atoms with E-state index in [1.807, 2.05) is 12.1 Å². The highest BCUT2D eigenvalue weighted by Crippen LogP contribution is 2.40. The van der Waals surface area contributed by atoms with Crippen molar-refractivity contribution in [3.8, 4) is 16.2 Å². The number of ether oxygens (including phenoxy) is 3. The van der Waals surface area contributed by atoms with Crippen molar-refractivity contribution < 1.29 is 19.0 Å². The van der Waals surface area contributed by atoms with Gasteiger partial charge in [-0.1, -0.05) is 0 Å². The number of rotatable bonds is 4. The minimum atomic E-state index is -0.0551. The molecular formula is C19H21NO4S. The van der Waals surface area contributed by atoms with Crippen molar-refractivity contribution in [1.82, 2.24) is 5.32 Å². The fourth-order valence-corrected chi connectivity index (χ4v) is 4.48. The fraction of sp³-hybridized carbons (Fsp3) is 0.421. The van der Waals surface area contributed by atoms with Crippen LogP contribution in [0.2, 0.25) is 0 Å². The van der Waals surface area contributed by atoms with Gasteiger partial charge in [-0.15, -0.1) is 11.3 Å². The van der Waals surface area contributed by atoms with Crippen molar-refractivity contribution in [2.75, 3.05) is 33.5 Å². The lowest BCUT2D eigenvalue weighted by molar-refractivity contribution is -0.0855. The Labute approximate surface area is 150 Å². The van der Waals surface area contributed by atoms with Crippen LogP contribution in [-0.2, 0) is 22.3 Å². The van der Waals surface area contributed by atoms with Crippen LogP contribution in [0.15, 0.2) is 24.3 Å². The second-order valence-electron chi connectivity index (χ2n) is 6.27. The van der Waals surface area contributed by atoms with E-state index in [1.54, 1.807) is 18.4 Å². The third kappa shape index (κ3) is 3.42. The molecule has 0 radical (unpaired) electrons. The summed E-state index contributed by atoms with van der Waals surface area (Å²) in [6.45, 7) is 2.24. The molecule has 0 spiro atoms. The Morgan fingerprint density at radius 1 is 1.28 bits per heavy atom. The number of carbonyl (C=O) groups is 1. The first-order valence-electron chi connectivity index (χ1n) is 8.52. The summed E-state index contributed by atoms with van der Waals surface area (Å²) in [5.74, 6) is 0.843. The Kier molecular flexibility index (Phi) is 4.74. The summed E-state index contributed by atoms with van der Waals surface area (Å²) in [6.07, 6.45) is 1.88. The Hall–Kier alpha value is -1.89. The number of methoxy groups -OCH3 is 1. The van der Waals surface area contributed by atoms with E-state index < -0.39 is 0 Å². The van der Waals surface area contributed by atoms with Crippen LogP contribution in [0.5, 0.6) is 5.75 Å². The maximum atomic E-state index is 12.5. The van der Waals surface area contributed by atoms with Crippen molar-refractivity contribution in [1.29, 1.82) is 0 Å². The van der Waals surface area contributed by atoms with Gasteiger partial charge in [-0.25, -0.2) is 0 Å². The van der Waals surface area contributed by atoms with E-state index in [1.165, 1.54) is 21.6 Å². The molecule has 2 aliphatic rings. The van der Waals surface area contributed by atoms with Gasteiger partial charge in [0.25, 0.3) is 5.91 Å². The van der Waals surface area contributed by atoms with Crippen molar-refractivity contribution in [2.45, 2.75) is 18.9 Å². The van der Waals surface area contributed by atoms with Crippen LogP contribution in [0.25, 0.3) is 10.4 Å². The Morgan fingerprint density at radius 3 is 2.96 bits per heavy atom. The molecule has 1 saturated heterocycles. The van der Waals surface area contributed by atoms with Crippen molar-refractivity contribution >= 4 is 17.2 Å². The highest BCUT2D eigenvalue weighted by Gasteiger charge is 2.23. The van der Waals surface area contributed by atoms with Crippen LogP contribution in [0.3, 0.4) is 0 Å². The number of aryl methyl sites for hydroxylation is 2. The minimum absolute atomic E-state index is 0.0383. The second-order valence-corrected chi connectivity index (χ2v) is 7.32. The molecule has 1 unspecified atom stereocenters. The monoisotopic (exact) mass is 359 g/mol. The molecular weight excluding hydrogens is 338 g/mol. The topological polar surface area (TPSA) is 56.8 Å². The summed E-state index contributed by atoms with van der Waals surface area (Å²) < 4.78 is 16.2. The van der Waals surface area contributed by atoms with Gasteiger partial charge >= 0.3 is 0 Å². The number of carbonyl (C=O) groups excluding carboxylic acids is 1. The number of thiophene rings is 1. The van der Waals surface area contributed by atoms with Crippen molar-refractivity contribution in [2.24, 2.45) is 0 Å². The lowest BCUT2D eigenvalue weighted by Gasteiger charge is -2.22. The van der Waals surface area contributed by atoms with E-state index in [0.717, 1.165) is 23.5 Å². The summed E-state index contributed by atoms with van der Waals surface area (Å²) in [6, 6.07) is 8.20. The molecule has 1 aromatic heterocycles. The Balaban J connectivity index is 1.49. The van der Waals surface area contributed by atoms with Gasteiger partial charge in [-0.2, -0.15) is 0 Å². The molecule has 2 heterocycles. The largest absolute Gasteiger partial charge is 0.497 e. The second kappa shape index (κ2) is 7.15. The third-order valence-corrected chi connectivity index (χ3v) is 5.84. The fourth-order valence-electron chi connectivity index (χ4n) is 3.30. The van der Waals surface area contributed by atoms with Crippen LogP contribution < -0.4 is 10.1 Å². The number of hydrogen-bond donors (Lipinski definition) is 1. The Bertz CT molecular complexity index is 780. The molecule has 4 rings (SSSR count). The first-order chi connectivity index (χ1) is 12.2. The van der Waals surface area contributed by atoms with Gasteiger partial charge in [0.05, 0.1) is 37.9 Å². The Morgan fingerprint density at radius 2 is 2.16 bits per heavy atom. The predicted octanol–water partition coefficient (Wildman–Crippen LogP) is 2.67. The highest BCUT2D eigenvalue weighted by atomic mass is 32.1. The number of nitrogens with one attached hydrogen (secondary N) is 1. The molecule has 1 fully saturated rings. The van der Waals surface area contributed by atoms with Gasteiger partial charge in [0, 0.05) is 11.4 Å². The molecule has 25 heavy (non-hydrogen) atoms. The highest BCUT2D eigenvalue weighted by molar-refractivity contribution is 7.17. The first-order valence-corrected chi connectivity index (χ1v) is 9.34. The molecule has 1 aromatic carbocycles. The summed E-state index contributed by atoms with van der Waals surface area (Å²) in [5, 5.41) is 2.97. The zero-order valence-corrected chi connectivity index (χ0v) is 15.0.